The highest BCUT2D eigenvalue weighted by Gasteiger charge is 2.25. The van der Waals surface area contributed by atoms with Gasteiger partial charge in [-0.1, -0.05) is 32.1 Å². The first-order valence-corrected chi connectivity index (χ1v) is 8.22. The van der Waals surface area contributed by atoms with Crippen LogP contribution < -0.4 is 5.32 Å². The number of carbonyl (C=O) groups is 1. The van der Waals surface area contributed by atoms with E-state index in [1.165, 1.54) is 44.9 Å². The number of nitrogens with one attached hydrogen (secondary N) is 1. The predicted octanol–water partition coefficient (Wildman–Crippen LogP) is 2.80. The largest absolute Gasteiger partial charge is 0.342 e. The molecule has 2 fully saturated rings. The predicted molar refractivity (Wildman–Crippen MR) is 79.0 cm³/mol. The van der Waals surface area contributed by atoms with Crippen LogP contribution in [0.15, 0.2) is 0 Å². The minimum absolute atomic E-state index is 0.398. The number of carbonyl (C=O) groups excluding carboxylic acids is 1. The molecule has 3 nitrogen and oxygen atoms in total. The first-order valence-electron chi connectivity index (χ1n) is 8.22. The monoisotopic (exact) mass is 266 g/mol. The van der Waals surface area contributed by atoms with Crippen LogP contribution in [0.4, 0.5) is 0 Å². The lowest BCUT2D eigenvalue weighted by Crippen LogP contribution is -2.30. The van der Waals surface area contributed by atoms with Gasteiger partial charge in [-0.05, 0) is 44.7 Å². The van der Waals surface area contributed by atoms with E-state index in [1.54, 1.807) is 0 Å². The summed E-state index contributed by atoms with van der Waals surface area (Å²) in [6.45, 7) is 3.00. The Bertz CT molecular complexity index is 274. The van der Waals surface area contributed by atoms with Gasteiger partial charge in [0.25, 0.3) is 0 Å². The standard InChI is InChI=1S/C16H30N2O/c1-17-12-15-10-11-18(13-15)16(19)9-5-8-14-6-3-2-4-7-14/h14-15,17H,2-13H2,1H3. The van der Waals surface area contributed by atoms with E-state index in [2.05, 4.69) is 10.2 Å². The maximum absolute atomic E-state index is 12.1. The molecule has 110 valence electrons. The van der Waals surface area contributed by atoms with E-state index in [0.717, 1.165) is 38.4 Å². The van der Waals surface area contributed by atoms with Gasteiger partial charge in [-0.3, -0.25) is 4.79 Å². The van der Waals surface area contributed by atoms with E-state index in [9.17, 15) is 4.79 Å². The zero-order valence-corrected chi connectivity index (χ0v) is 12.5. The normalized spacial score (nSPS) is 24.9. The number of amides is 1. The van der Waals surface area contributed by atoms with Gasteiger partial charge in [0.1, 0.15) is 0 Å². The van der Waals surface area contributed by atoms with Crippen molar-refractivity contribution in [3.63, 3.8) is 0 Å². The summed E-state index contributed by atoms with van der Waals surface area (Å²) in [6, 6.07) is 0. The summed E-state index contributed by atoms with van der Waals surface area (Å²) in [6.07, 6.45) is 11.4. The third-order valence-electron chi connectivity index (χ3n) is 4.86. The quantitative estimate of drug-likeness (QED) is 0.802. The highest BCUT2D eigenvalue weighted by Crippen LogP contribution is 2.28. The molecule has 2 rings (SSSR count). The second kappa shape index (κ2) is 7.88. The van der Waals surface area contributed by atoms with E-state index in [0.29, 0.717) is 11.8 Å². The maximum atomic E-state index is 12.1. The Labute approximate surface area is 118 Å². The van der Waals surface area contributed by atoms with Crippen molar-refractivity contribution in [2.24, 2.45) is 11.8 Å². The van der Waals surface area contributed by atoms with Crippen LogP contribution in [0.5, 0.6) is 0 Å². The van der Waals surface area contributed by atoms with Crippen molar-refractivity contribution in [3.8, 4) is 0 Å². The topological polar surface area (TPSA) is 32.3 Å². The molecule has 1 atom stereocenters. The molecular weight excluding hydrogens is 236 g/mol. The molecule has 0 aromatic carbocycles. The summed E-state index contributed by atoms with van der Waals surface area (Å²) >= 11 is 0. The van der Waals surface area contributed by atoms with Crippen LogP contribution in [-0.2, 0) is 4.79 Å². The minimum atomic E-state index is 0.398. The molecule has 1 saturated carbocycles. The number of likely N-dealkylation sites (tertiary alicyclic amines) is 1. The first kappa shape index (κ1) is 14.8. The van der Waals surface area contributed by atoms with Gasteiger partial charge in [0.05, 0.1) is 0 Å². The first-order chi connectivity index (χ1) is 9.29. The van der Waals surface area contributed by atoms with Crippen LogP contribution in [0.2, 0.25) is 0 Å². The van der Waals surface area contributed by atoms with Crippen molar-refractivity contribution in [2.45, 2.75) is 57.8 Å². The molecule has 19 heavy (non-hydrogen) atoms. The van der Waals surface area contributed by atoms with E-state index in [-0.39, 0.29) is 0 Å². The van der Waals surface area contributed by atoms with Crippen molar-refractivity contribution >= 4 is 5.91 Å². The summed E-state index contributed by atoms with van der Waals surface area (Å²) in [5.74, 6) is 1.99. The zero-order chi connectivity index (χ0) is 13.5. The molecule has 1 aliphatic carbocycles. The van der Waals surface area contributed by atoms with E-state index >= 15 is 0 Å². The molecule has 1 aliphatic heterocycles. The van der Waals surface area contributed by atoms with E-state index < -0.39 is 0 Å². The fourth-order valence-corrected chi connectivity index (χ4v) is 3.69. The molecule has 1 N–H and O–H groups in total. The SMILES string of the molecule is CNCC1CCN(C(=O)CCCC2CCCCC2)C1. The maximum Gasteiger partial charge on any atom is 0.222 e. The molecule has 3 heteroatoms. The van der Waals surface area contributed by atoms with Crippen LogP contribution in [0.1, 0.15) is 57.8 Å². The zero-order valence-electron chi connectivity index (χ0n) is 12.5. The lowest BCUT2D eigenvalue weighted by atomic mass is 9.86. The molecule has 0 radical (unpaired) electrons. The Hall–Kier alpha value is -0.570. The molecule has 1 heterocycles. The third-order valence-corrected chi connectivity index (χ3v) is 4.86. The Morgan fingerprint density at radius 1 is 1.16 bits per heavy atom. The smallest absolute Gasteiger partial charge is 0.222 e. The average Bonchev–Trinajstić information content (AvgIpc) is 2.89. The van der Waals surface area contributed by atoms with Gasteiger partial charge in [0.2, 0.25) is 5.91 Å². The highest BCUT2D eigenvalue weighted by atomic mass is 16.2. The minimum Gasteiger partial charge on any atom is -0.342 e. The molecule has 1 saturated heterocycles. The van der Waals surface area contributed by atoms with Crippen molar-refractivity contribution < 1.29 is 4.79 Å². The van der Waals surface area contributed by atoms with Gasteiger partial charge >= 0.3 is 0 Å². The highest BCUT2D eigenvalue weighted by molar-refractivity contribution is 5.76. The molecule has 0 bridgehead atoms. The van der Waals surface area contributed by atoms with Crippen LogP contribution >= 0.6 is 0 Å². The molecule has 0 aromatic heterocycles. The number of nitrogens with zero attached hydrogens (tertiary/aromatic N) is 1. The van der Waals surface area contributed by atoms with Gasteiger partial charge in [-0.15, -0.1) is 0 Å². The fourth-order valence-electron chi connectivity index (χ4n) is 3.69. The van der Waals surface area contributed by atoms with Gasteiger partial charge in [-0.2, -0.15) is 0 Å². The Kier molecular flexibility index (Phi) is 6.15. The Morgan fingerprint density at radius 2 is 1.95 bits per heavy atom. The molecular formula is C16H30N2O. The Morgan fingerprint density at radius 3 is 2.68 bits per heavy atom. The van der Waals surface area contributed by atoms with Crippen LogP contribution in [0.25, 0.3) is 0 Å². The number of rotatable bonds is 6. The summed E-state index contributed by atoms with van der Waals surface area (Å²) in [5.41, 5.74) is 0. The number of hydrogen-bond donors (Lipinski definition) is 1. The van der Waals surface area contributed by atoms with Crippen molar-refractivity contribution in [2.75, 3.05) is 26.7 Å². The second-order valence-corrected chi connectivity index (χ2v) is 6.45. The summed E-state index contributed by atoms with van der Waals surface area (Å²) in [4.78, 5) is 14.2. The van der Waals surface area contributed by atoms with Crippen molar-refractivity contribution in [1.29, 1.82) is 0 Å². The molecule has 0 spiro atoms. The van der Waals surface area contributed by atoms with E-state index in [1.807, 2.05) is 7.05 Å². The van der Waals surface area contributed by atoms with Gasteiger partial charge < -0.3 is 10.2 Å². The van der Waals surface area contributed by atoms with Gasteiger partial charge in [0.15, 0.2) is 0 Å². The average molecular weight is 266 g/mol. The van der Waals surface area contributed by atoms with Crippen LogP contribution in [0.3, 0.4) is 0 Å². The molecule has 2 aliphatic rings. The summed E-state index contributed by atoms with van der Waals surface area (Å²) in [5, 5.41) is 3.22. The molecule has 1 amide bonds. The van der Waals surface area contributed by atoms with Crippen LogP contribution in [0, 0.1) is 11.8 Å². The summed E-state index contributed by atoms with van der Waals surface area (Å²) in [7, 11) is 1.99. The van der Waals surface area contributed by atoms with E-state index in [4.69, 9.17) is 0 Å². The summed E-state index contributed by atoms with van der Waals surface area (Å²) < 4.78 is 0. The lowest BCUT2D eigenvalue weighted by molar-refractivity contribution is -0.130. The molecule has 0 aromatic rings. The van der Waals surface area contributed by atoms with Crippen molar-refractivity contribution in [3.05, 3.63) is 0 Å². The Balaban J connectivity index is 1.59. The lowest BCUT2D eigenvalue weighted by Gasteiger charge is -2.22. The van der Waals surface area contributed by atoms with Gasteiger partial charge in [0, 0.05) is 19.5 Å². The van der Waals surface area contributed by atoms with Gasteiger partial charge in [-0.25, -0.2) is 0 Å². The van der Waals surface area contributed by atoms with Crippen molar-refractivity contribution in [1.82, 2.24) is 10.2 Å². The number of hydrogen-bond acceptors (Lipinski definition) is 2. The fraction of sp³-hybridized carbons (Fsp3) is 0.938. The second-order valence-electron chi connectivity index (χ2n) is 6.45. The van der Waals surface area contributed by atoms with Crippen LogP contribution in [-0.4, -0.2) is 37.5 Å². The third kappa shape index (κ3) is 4.79. The molecule has 1 unspecified atom stereocenters.